The molecular weight excluding hydrogens is 385 g/mol. The Balaban J connectivity index is 2.04. The molecule has 1 aromatic carbocycles. The van der Waals surface area contributed by atoms with Gasteiger partial charge < -0.3 is 10.1 Å². The topological polar surface area (TPSA) is 97.4 Å². The maximum absolute atomic E-state index is 13.7. The summed E-state index contributed by atoms with van der Waals surface area (Å²) in [6.45, 7) is 6.58. The van der Waals surface area contributed by atoms with Crippen molar-refractivity contribution in [1.29, 1.82) is 0 Å². The van der Waals surface area contributed by atoms with Gasteiger partial charge in [0.1, 0.15) is 11.4 Å². The number of sulfonamides is 1. The summed E-state index contributed by atoms with van der Waals surface area (Å²) < 4.78 is 46.2. The van der Waals surface area contributed by atoms with E-state index in [9.17, 15) is 17.6 Å². The molecule has 0 aliphatic rings. The molecule has 2 rings (SSSR count). The fourth-order valence-electron chi connectivity index (χ4n) is 2.34. The van der Waals surface area contributed by atoms with E-state index in [4.69, 9.17) is 4.74 Å². The molecule has 7 nitrogen and oxygen atoms in total. The molecule has 0 unspecified atom stereocenters. The van der Waals surface area contributed by atoms with Crippen LogP contribution in [-0.4, -0.2) is 31.0 Å². The normalized spacial score (nSPS) is 12.1. The van der Waals surface area contributed by atoms with Crippen LogP contribution >= 0.6 is 0 Å². The molecule has 0 atom stereocenters. The first-order chi connectivity index (χ1) is 13.0. The van der Waals surface area contributed by atoms with Crippen LogP contribution in [0.5, 0.6) is 5.88 Å². The standard InChI is InChI=1S/C19H24FN3O4S/c1-13(2)27-17-10-9-15(11-21-17)22-18(24)19(3,4)23-28(25,26)12-14-7-5-6-8-16(14)20/h5-11,13,23H,12H2,1-4H3,(H,22,24). The van der Waals surface area contributed by atoms with E-state index in [1.54, 1.807) is 18.2 Å². The number of carbonyl (C=O) groups excluding carboxylic acids is 1. The summed E-state index contributed by atoms with van der Waals surface area (Å²) in [6.07, 6.45) is 1.38. The lowest BCUT2D eigenvalue weighted by Gasteiger charge is -2.25. The number of carbonyl (C=O) groups is 1. The second-order valence-corrected chi connectivity index (χ2v) is 8.81. The third-order valence-corrected chi connectivity index (χ3v) is 5.14. The van der Waals surface area contributed by atoms with Gasteiger partial charge in [-0.1, -0.05) is 18.2 Å². The largest absolute Gasteiger partial charge is 0.475 e. The molecule has 0 saturated heterocycles. The molecule has 1 heterocycles. The second kappa shape index (κ2) is 8.66. The summed E-state index contributed by atoms with van der Waals surface area (Å²) in [5, 5.41) is 2.60. The Hall–Kier alpha value is -2.52. The van der Waals surface area contributed by atoms with Crippen LogP contribution in [0.2, 0.25) is 0 Å². The maximum atomic E-state index is 13.7. The number of ether oxygens (including phenoxy) is 1. The van der Waals surface area contributed by atoms with Gasteiger partial charge in [0.2, 0.25) is 21.8 Å². The Bertz CT molecular complexity index is 928. The highest BCUT2D eigenvalue weighted by Gasteiger charge is 2.33. The molecule has 0 bridgehead atoms. The number of hydrogen-bond acceptors (Lipinski definition) is 5. The molecule has 152 valence electrons. The van der Waals surface area contributed by atoms with Gasteiger partial charge in [-0.3, -0.25) is 4.79 Å². The SMILES string of the molecule is CC(C)Oc1ccc(NC(=O)C(C)(C)NS(=O)(=O)Cc2ccccc2F)cn1. The van der Waals surface area contributed by atoms with Crippen LogP contribution < -0.4 is 14.8 Å². The van der Waals surface area contributed by atoms with E-state index in [0.29, 0.717) is 11.6 Å². The van der Waals surface area contributed by atoms with E-state index in [0.717, 1.165) is 0 Å². The third kappa shape index (κ3) is 6.28. The van der Waals surface area contributed by atoms with Crippen LogP contribution in [0.1, 0.15) is 33.3 Å². The first-order valence-corrected chi connectivity index (χ1v) is 10.3. The minimum Gasteiger partial charge on any atom is -0.475 e. The molecule has 1 aromatic heterocycles. The maximum Gasteiger partial charge on any atom is 0.245 e. The van der Waals surface area contributed by atoms with Crippen LogP contribution in [0.25, 0.3) is 0 Å². The average molecular weight is 409 g/mol. The Morgan fingerprint density at radius 3 is 2.46 bits per heavy atom. The number of hydrogen-bond donors (Lipinski definition) is 2. The molecule has 2 N–H and O–H groups in total. The van der Waals surface area contributed by atoms with Crippen molar-refractivity contribution in [2.45, 2.75) is 45.1 Å². The first-order valence-electron chi connectivity index (χ1n) is 8.68. The molecule has 2 aromatic rings. The fourth-order valence-corrected chi connectivity index (χ4v) is 3.93. The summed E-state index contributed by atoms with van der Waals surface area (Å²) in [6, 6.07) is 8.79. The van der Waals surface area contributed by atoms with Crippen molar-refractivity contribution in [2.75, 3.05) is 5.32 Å². The zero-order valence-electron chi connectivity index (χ0n) is 16.2. The first kappa shape index (κ1) is 21.8. The van der Waals surface area contributed by atoms with Crippen LogP contribution in [0.15, 0.2) is 42.6 Å². The molecular formula is C19H24FN3O4S. The van der Waals surface area contributed by atoms with Crippen molar-refractivity contribution in [3.8, 4) is 5.88 Å². The Morgan fingerprint density at radius 1 is 1.21 bits per heavy atom. The molecule has 0 radical (unpaired) electrons. The van der Waals surface area contributed by atoms with Gasteiger partial charge >= 0.3 is 0 Å². The van der Waals surface area contributed by atoms with Gasteiger partial charge in [0.15, 0.2) is 0 Å². The number of rotatable bonds is 8. The van der Waals surface area contributed by atoms with Crippen molar-refractivity contribution in [2.24, 2.45) is 0 Å². The van der Waals surface area contributed by atoms with Crippen molar-refractivity contribution >= 4 is 21.6 Å². The van der Waals surface area contributed by atoms with Gasteiger partial charge in [-0.25, -0.2) is 17.8 Å². The van der Waals surface area contributed by atoms with Gasteiger partial charge in [-0.05, 0) is 39.8 Å². The lowest BCUT2D eigenvalue weighted by atomic mass is 10.1. The van der Waals surface area contributed by atoms with Gasteiger partial charge in [0.25, 0.3) is 0 Å². The summed E-state index contributed by atoms with van der Waals surface area (Å²) in [5.41, 5.74) is -1.05. The molecule has 0 spiro atoms. The quantitative estimate of drug-likeness (QED) is 0.699. The lowest BCUT2D eigenvalue weighted by molar-refractivity contribution is -0.120. The van der Waals surface area contributed by atoms with Gasteiger partial charge in [-0.15, -0.1) is 0 Å². The minimum absolute atomic E-state index is 0.0242. The average Bonchev–Trinajstić information content (AvgIpc) is 2.57. The van der Waals surface area contributed by atoms with E-state index in [1.807, 2.05) is 13.8 Å². The zero-order valence-corrected chi connectivity index (χ0v) is 17.0. The van der Waals surface area contributed by atoms with E-state index in [1.165, 1.54) is 38.2 Å². The molecule has 0 saturated carbocycles. The highest BCUT2D eigenvalue weighted by atomic mass is 32.2. The van der Waals surface area contributed by atoms with Crippen molar-refractivity contribution in [3.63, 3.8) is 0 Å². The number of aromatic nitrogens is 1. The zero-order chi connectivity index (χ0) is 20.9. The summed E-state index contributed by atoms with van der Waals surface area (Å²) in [7, 11) is -3.96. The smallest absolute Gasteiger partial charge is 0.245 e. The number of pyridine rings is 1. The molecule has 28 heavy (non-hydrogen) atoms. The Kier molecular flexibility index (Phi) is 6.73. The van der Waals surface area contributed by atoms with Crippen molar-refractivity contribution in [1.82, 2.24) is 9.71 Å². The summed E-state index contributed by atoms with van der Waals surface area (Å²) in [5.74, 6) is -1.36. The number of anilines is 1. The number of amides is 1. The molecule has 1 amide bonds. The van der Waals surface area contributed by atoms with Crippen LogP contribution in [0.4, 0.5) is 10.1 Å². The van der Waals surface area contributed by atoms with Gasteiger partial charge in [-0.2, -0.15) is 4.72 Å². The van der Waals surface area contributed by atoms with Gasteiger partial charge in [0.05, 0.1) is 23.7 Å². The highest BCUT2D eigenvalue weighted by molar-refractivity contribution is 7.88. The fraction of sp³-hybridized carbons (Fsp3) is 0.368. The number of nitrogens with zero attached hydrogens (tertiary/aromatic N) is 1. The monoisotopic (exact) mass is 409 g/mol. The van der Waals surface area contributed by atoms with Crippen LogP contribution in [-0.2, 0) is 20.6 Å². The number of halogens is 1. The Labute approximate surface area is 164 Å². The van der Waals surface area contributed by atoms with Crippen LogP contribution in [0.3, 0.4) is 0 Å². The summed E-state index contributed by atoms with van der Waals surface area (Å²) >= 11 is 0. The number of nitrogens with one attached hydrogen (secondary N) is 2. The minimum atomic E-state index is -3.96. The lowest BCUT2D eigenvalue weighted by Crippen LogP contribution is -2.52. The Morgan fingerprint density at radius 2 is 1.89 bits per heavy atom. The van der Waals surface area contributed by atoms with E-state index in [2.05, 4.69) is 15.0 Å². The highest BCUT2D eigenvalue weighted by Crippen LogP contribution is 2.17. The molecule has 0 aliphatic heterocycles. The molecule has 0 aliphatic carbocycles. The number of benzene rings is 1. The van der Waals surface area contributed by atoms with Crippen molar-refractivity contribution < 1.29 is 22.3 Å². The molecule has 9 heteroatoms. The van der Waals surface area contributed by atoms with Crippen molar-refractivity contribution in [3.05, 3.63) is 54.0 Å². The third-order valence-electron chi connectivity index (χ3n) is 3.63. The molecule has 0 fully saturated rings. The van der Waals surface area contributed by atoms with Crippen LogP contribution in [0, 0.1) is 5.82 Å². The van der Waals surface area contributed by atoms with E-state index >= 15 is 0 Å². The summed E-state index contributed by atoms with van der Waals surface area (Å²) in [4.78, 5) is 16.6. The van der Waals surface area contributed by atoms with E-state index in [-0.39, 0.29) is 11.7 Å². The second-order valence-electron chi connectivity index (χ2n) is 7.08. The van der Waals surface area contributed by atoms with Gasteiger partial charge in [0, 0.05) is 11.6 Å². The predicted molar refractivity (Wildman–Crippen MR) is 105 cm³/mol. The predicted octanol–water partition coefficient (Wildman–Crippen LogP) is 2.84. The van der Waals surface area contributed by atoms with E-state index < -0.39 is 33.0 Å².